The molecule has 0 saturated carbocycles. The second kappa shape index (κ2) is 13.4. The average molecular weight is 581 g/mol. The van der Waals surface area contributed by atoms with Crippen molar-refractivity contribution >= 4 is 19.4 Å². The van der Waals surface area contributed by atoms with E-state index in [4.69, 9.17) is 19.1 Å². The second-order valence-corrected chi connectivity index (χ2v) is 9.35. The Morgan fingerprint density at radius 2 is 1.68 bits per heavy atom. The highest BCUT2D eigenvalue weighted by Gasteiger charge is 2.49. The number of alkyl halides is 3. The van der Waals surface area contributed by atoms with Gasteiger partial charge in [0, 0.05) is 5.69 Å². The van der Waals surface area contributed by atoms with Gasteiger partial charge in [-0.25, -0.2) is 4.57 Å². The van der Waals surface area contributed by atoms with Gasteiger partial charge >= 0.3 is 19.9 Å². The van der Waals surface area contributed by atoms with Gasteiger partial charge < -0.3 is 55.4 Å². The van der Waals surface area contributed by atoms with E-state index in [2.05, 4.69) is 4.52 Å². The summed E-state index contributed by atoms with van der Waals surface area (Å²) in [5, 5.41) is 69.2. The fraction of sp³-hybridized carbons (Fsp3) is 0.632. The lowest BCUT2D eigenvalue weighted by molar-refractivity contribution is -0.274. The van der Waals surface area contributed by atoms with E-state index in [0.29, 0.717) is 0 Å². The molecule has 38 heavy (non-hydrogen) atoms. The second-order valence-electron chi connectivity index (χ2n) is 7.94. The fourth-order valence-corrected chi connectivity index (χ4v) is 4.02. The van der Waals surface area contributed by atoms with Gasteiger partial charge in [-0.1, -0.05) is 0 Å². The van der Waals surface area contributed by atoms with E-state index in [-0.39, 0.29) is 11.4 Å². The van der Waals surface area contributed by atoms with Gasteiger partial charge in [0.2, 0.25) is 6.29 Å². The fourth-order valence-electron chi connectivity index (χ4n) is 3.05. The van der Waals surface area contributed by atoms with Crippen molar-refractivity contribution in [2.45, 2.75) is 55.2 Å². The van der Waals surface area contributed by atoms with Crippen LogP contribution in [0.15, 0.2) is 24.3 Å². The van der Waals surface area contributed by atoms with Crippen molar-refractivity contribution in [3.8, 4) is 5.75 Å². The van der Waals surface area contributed by atoms with Crippen LogP contribution in [0.2, 0.25) is 0 Å². The lowest BCUT2D eigenvalue weighted by atomic mass is 9.99. The zero-order chi connectivity index (χ0) is 28.8. The summed E-state index contributed by atoms with van der Waals surface area (Å²) in [7, 11) is -5.16. The zero-order valence-electron chi connectivity index (χ0n) is 19.2. The minimum absolute atomic E-state index is 0.115. The lowest BCUT2D eigenvalue weighted by Crippen LogP contribution is -2.60. The number of ether oxygens (including phenoxy) is 2. The first-order valence-corrected chi connectivity index (χ1v) is 12.2. The maximum Gasteiger partial charge on any atom is 0.472 e. The topological polar surface area (TPSA) is 245 Å². The predicted octanol–water partition coefficient (Wildman–Crippen LogP) is -2.42. The van der Waals surface area contributed by atoms with Gasteiger partial charge in [0.25, 0.3) is 0 Å². The molecule has 0 aliphatic carbocycles. The number of nitrogens with one attached hydrogen (secondary N) is 1. The van der Waals surface area contributed by atoms with Crippen LogP contribution < -0.4 is 10.1 Å². The third-order valence-electron chi connectivity index (χ3n) is 5.08. The van der Waals surface area contributed by atoms with E-state index in [9.17, 15) is 58.1 Å². The summed E-state index contributed by atoms with van der Waals surface area (Å²) < 4.78 is 69.1. The number of benzene rings is 1. The number of phosphoric ester groups is 1. The summed E-state index contributed by atoms with van der Waals surface area (Å²) in [5.41, 5.74) is -0.242. The number of rotatable bonds is 12. The maximum atomic E-state index is 12.3. The standard InChI is InChI=1S/C19H27F3NO14P/c20-19(21,22)18(31)23-8-1-3-9(4-2-8)35-17-15(30)14(29)16(12(6-25)36-17)37-38(32,33)34-7-11(27)13(28)10(26)5-24/h1-4,10-17,24-30H,5-7H2,(H,23,31)(H,32,33). The third-order valence-corrected chi connectivity index (χ3v) is 6.07. The summed E-state index contributed by atoms with van der Waals surface area (Å²) >= 11 is 0. The first-order valence-electron chi connectivity index (χ1n) is 10.7. The molecule has 1 amide bonds. The number of carbonyl (C=O) groups is 1. The van der Waals surface area contributed by atoms with Gasteiger partial charge in [0.1, 0.15) is 48.5 Å². The smallest absolute Gasteiger partial charge is 0.462 e. The van der Waals surface area contributed by atoms with Crippen LogP contribution in [-0.4, -0.2) is 122 Å². The molecule has 0 aromatic heterocycles. The number of aliphatic hydroxyl groups is 7. The van der Waals surface area contributed by atoms with Gasteiger partial charge in [0.15, 0.2) is 0 Å². The quantitative estimate of drug-likeness (QED) is 0.117. The van der Waals surface area contributed by atoms with Gasteiger partial charge in [-0.3, -0.25) is 13.8 Å². The van der Waals surface area contributed by atoms with E-state index < -0.39 is 88.7 Å². The van der Waals surface area contributed by atoms with Crippen molar-refractivity contribution in [2.75, 3.05) is 25.1 Å². The molecule has 9 unspecified atom stereocenters. The van der Waals surface area contributed by atoms with Crippen LogP contribution >= 0.6 is 7.82 Å². The van der Waals surface area contributed by atoms with E-state index in [1.54, 1.807) is 5.32 Å². The number of halogens is 3. The number of anilines is 1. The van der Waals surface area contributed by atoms with Crippen LogP contribution in [0.25, 0.3) is 0 Å². The molecule has 1 aromatic rings. The van der Waals surface area contributed by atoms with E-state index in [1.807, 2.05) is 0 Å². The molecule has 1 aromatic carbocycles. The lowest BCUT2D eigenvalue weighted by Gasteiger charge is -2.41. The predicted molar refractivity (Wildman–Crippen MR) is 115 cm³/mol. The minimum atomic E-state index is -5.16. The van der Waals surface area contributed by atoms with Crippen LogP contribution in [0.1, 0.15) is 0 Å². The number of carbonyl (C=O) groups excluding carboxylic acids is 1. The summed E-state index contributed by atoms with van der Waals surface area (Å²) in [6, 6.07) is 4.25. The van der Waals surface area contributed by atoms with Crippen LogP contribution in [0, 0.1) is 0 Å². The van der Waals surface area contributed by atoms with E-state index in [0.717, 1.165) is 24.3 Å². The highest BCUT2D eigenvalue weighted by Crippen LogP contribution is 2.47. The Bertz CT molecular complexity index is 952. The average Bonchev–Trinajstić information content (AvgIpc) is 2.86. The Morgan fingerprint density at radius 1 is 1.08 bits per heavy atom. The number of amides is 1. The summed E-state index contributed by atoms with van der Waals surface area (Å²) in [4.78, 5) is 20.9. The Kier molecular flexibility index (Phi) is 11.4. The molecule has 1 aliphatic rings. The van der Waals surface area contributed by atoms with Crippen LogP contribution in [0.4, 0.5) is 18.9 Å². The molecule has 0 bridgehead atoms. The van der Waals surface area contributed by atoms with Crippen molar-refractivity contribution in [3.05, 3.63) is 24.3 Å². The van der Waals surface area contributed by atoms with Gasteiger partial charge in [-0.2, -0.15) is 13.2 Å². The highest BCUT2D eigenvalue weighted by molar-refractivity contribution is 7.47. The molecule has 19 heteroatoms. The summed E-state index contributed by atoms with van der Waals surface area (Å²) in [6.07, 6.45) is -20.0. The van der Waals surface area contributed by atoms with Gasteiger partial charge in [-0.05, 0) is 24.3 Å². The third kappa shape index (κ3) is 8.80. The number of phosphoric acid groups is 1. The SMILES string of the molecule is O=C(Nc1ccc(OC2OC(CO)C(OP(=O)(O)OCC(O)C(O)C(O)CO)C(O)C2O)cc1)C(F)(F)F. The van der Waals surface area contributed by atoms with Gasteiger partial charge in [-0.15, -0.1) is 0 Å². The van der Waals surface area contributed by atoms with Crippen molar-refractivity contribution < 1.29 is 81.7 Å². The zero-order valence-corrected chi connectivity index (χ0v) is 20.1. The number of hydrogen-bond acceptors (Lipinski definition) is 13. The first kappa shape index (κ1) is 32.3. The molecule has 1 heterocycles. The minimum Gasteiger partial charge on any atom is -0.462 e. The Labute approximate surface area is 212 Å². The van der Waals surface area contributed by atoms with E-state index in [1.165, 1.54) is 0 Å². The molecular formula is C19H27F3NO14P. The van der Waals surface area contributed by atoms with Crippen molar-refractivity contribution in [2.24, 2.45) is 0 Å². The summed E-state index contributed by atoms with van der Waals surface area (Å²) in [5.74, 6) is -2.33. The summed E-state index contributed by atoms with van der Waals surface area (Å²) in [6.45, 7) is -2.96. The van der Waals surface area contributed by atoms with Crippen LogP contribution in [0.5, 0.6) is 5.75 Å². The molecule has 218 valence electrons. The Morgan fingerprint density at radius 3 is 2.21 bits per heavy atom. The highest BCUT2D eigenvalue weighted by atomic mass is 31.2. The first-order chi connectivity index (χ1) is 17.6. The van der Waals surface area contributed by atoms with Crippen LogP contribution in [0.3, 0.4) is 0 Å². The van der Waals surface area contributed by atoms with Crippen molar-refractivity contribution in [1.82, 2.24) is 0 Å². The maximum absolute atomic E-state index is 12.3. The molecule has 0 radical (unpaired) electrons. The van der Waals surface area contributed by atoms with E-state index >= 15 is 0 Å². The molecule has 0 spiro atoms. The molecule has 1 fully saturated rings. The Hall–Kier alpha value is -1.93. The monoisotopic (exact) mass is 581 g/mol. The van der Waals surface area contributed by atoms with Crippen molar-refractivity contribution in [3.63, 3.8) is 0 Å². The molecular weight excluding hydrogens is 554 g/mol. The van der Waals surface area contributed by atoms with Gasteiger partial charge in [0.05, 0.1) is 19.8 Å². The molecule has 1 saturated heterocycles. The molecule has 2 rings (SSSR count). The number of aliphatic hydroxyl groups excluding tert-OH is 7. The normalized spacial score (nSPS) is 28.1. The Balaban J connectivity index is 2.01. The molecule has 15 nitrogen and oxygen atoms in total. The number of hydrogen-bond donors (Lipinski definition) is 9. The van der Waals surface area contributed by atoms with Crippen LogP contribution in [-0.2, 0) is 23.1 Å². The van der Waals surface area contributed by atoms with Crippen molar-refractivity contribution in [1.29, 1.82) is 0 Å². The largest absolute Gasteiger partial charge is 0.472 e. The molecule has 9 N–H and O–H groups in total. The molecule has 9 atom stereocenters. The molecule has 1 aliphatic heterocycles.